The van der Waals surface area contributed by atoms with E-state index in [1.54, 1.807) is 6.07 Å². The number of halogens is 1. The van der Waals surface area contributed by atoms with Gasteiger partial charge >= 0.3 is 0 Å². The zero-order chi connectivity index (χ0) is 15.8. The van der Waals surface area contributed by atoms with Crippen LogP contribution in [0.5, 0.6) is 0 Å². The third-order valence-electron chi connectivity index (χ3n) is 4.89. The second-order valence-corrected chi connectivity index (χ2v) is 6.27. The first-order chi connectivity index (χ1) is 11.2. The molecule has 0 atom stereocenters. The predicted molar refractivity (Wildman–Crippen MR) is 85.7 cm³/mol. The number of carbonyl (C=O) groups is 1. The average Bonchev–Trinajstić information content (AvgIpc) is 3.00. The number of nitrogens with zero attached hydrogens (tertiary/aromatic N) is 4. The van der Waals surface area contributed by atoms with Crippen molar-refractivity contribution in [1.29, 1.82) is 0 Å². The van der Waals surface area contributed by atoms with Crippen LogP contribution < -0.4 is 4.90 Å². The van der Waals surface area contributed by atoms with E-state index in [1.807, 2.05) is 4.90 Å². The molecule has 1 aromatic carbocycles. The van der Waals surface area contributed by atoms with Crippen molar-refractivity contribution < 1.29 is 9.18 Å². The Morgan fingerprint density at radius 2 is 1.96 bits per heavy atom. The summed E-state index contributed by atoms with van der Waals surface area (Å²) in [6, 6.07) is 4.99. The number of likely N-dealkylation sites (tertiary alicyclic amines) is 1. The molecule has 4 rings (SSSR count). The van der Waals surface area contributed by atoms with Gasteiger partial charge in [-0.3, -0.25) is 4.79 Å². The van der Waals surface area contributed by atoms with Gasteiger partial charge in [-0.25, -0.2) is 14.4 Å². The summed E-state index contributed by atoms with van der Waals surface area (Å²) < 4.78 is 13.4. The molecule has 0 saturated carbocycles. The SMILES string of the molecule is O=C1CCCN1C1CCN(c2ncnc3cc(F)ccc23)CC1. The van der Waals surface area contributed by atoms with Gasteiger partial charge in [0.25, 0.3) is 0 Å². The zero-order valence-corrected chi connectivity index (χ0v) is 12.9. The van der Waals surface area contributed by atoms with Crippen molar-refractivity contribution in [2.45, 2.75) is 31.7 Å². The van der Waals surface area contributed by atoms with Gasteiger partial charge in [0, 0.05) is 43.5 Å². The number of fused-ring (bicyclic) bond motifs is 1. The normalized spacial score (nSPS) is 19.8. The second-order valence-electron chi connectivity index (χ2n) is 6.27. The quantitative estimate of drug-likeness (QED) is 0.854. The van der Waals surface area contributed by atoms with Crippen LogP contribution in [0.25, 0.3) is 10.9 Å². The topological polar surface area (TPSA) is 49.3 Å². The molecular weight excluding hydrogens is 295 g/mol. The van der Waals surface area contributed by atoms with Gasteiger partial charge in [0.05, 0.1) is 5.52 Å². The minimum Gasteiger partial charge on any atom is -0.356 e. The van der Waals surface area contributed by atoms with Crippen molar-refractivity contribution >= 4 is 22.6 Å². The van der Waals surface area contributed by atoms with Gasteiger partial charge in [0.15, 0.2) is 0 Å². The molecule has 2 saturated heterocycles. The Hall–Kier alpha value is -2.24. The fourth-order valence-electron chi connectivity index (χ4n) is 3.71. The number of benzene rings is 1. The maximum Gasteiger partial charge on any atom is 0.222 e. The van der Waals surface area contributed by atoms with Crippen LogP contribution in [0.3, 0.4) is 0 Å². The molecule has 3 heterocycles. The van der Waals surface area contributed by atoms with Crippen LogP contribution in [-0.4, -0.2) is 46.5 Å². The molecule has 0 aliphatic carbocycles. The Labute approximate surface area is 134 Å². The van der Waals surface area contributed by atoms with E-state index in [1.165, 1.54) is 18.5 Å². The van der Waals surface area contributed by atoms with Gasteiger partial charge < -0.3 is 9.80 Å². The van der Waals surface area contributed by atoms with Crippen LogP contribution >= 0.6 is 0 Å². The Balaban J connectivity index is 1.53. The third kappa shape index (κ3) is 2.62. The van der Waals surface area contributed by atoms with Gasteiger partial charge in [-0.1, -0.05) is 0 Å². The second kappa shape index (κ2) is 5.76. The standard InChI is InChI=1S/C17H19FN4O/c18-12-3-4-14-15(10-12)19-11-20-17(14)21-8-5-13(6-9-21)22-7-1-2-16(22)23/h3-4,10-11,13H,1-2,5-9H2. The van der Waals surface area contributed by atoms with Gasteiger partial charge in [-0.05, 0) is 31.4 Å². The number of hydrogen-bond donors (Lipinski definition) is 0. The summed E-state index contributed by atoms with van der Waals surface area (Å²) in [4.78, 5) is 24.7. The molecule has 6 heteroatoms. The summed E-state index contributed by atoms with van der Waals surface area (Å²) in [6.07, 6.45) is 5.09. The van der Waals surface area contributed by atoms with E-state index in [-0.39, 0.29) is 5.82 Å². The highest BCUT2D eigenvalue weighted by molar-refractivity contribution is 5.89. The molecule has 23 heavy (non-hydrogen) atoms. The fraction of sp³-hybridized carbons (Fsp3) is 0.471. The summed E-state index contributed by atoms with van der Waals surface area (Å²) >= 11 is 0. The first-order valence-corrected chi connectivity index (χ1v) is 8.17. The van der Waals surface area contributed by atoms with Crippen molar-refractivity contribution in [3.05, 3.63) is 30.3 Å². The largest absolute Gasteiger partial charge is 0.356 e. The van der Waals surface area contributed by atoms with Gasteiger partial charge in [0.2, 0.25) is 5.91 Å². The molecule has 1 aromatic heterocycles. The van der Waals surface area contributed by atoms with E-state index in [0.717, 1.165) is 50.1 Å². The lowest BCUT2D eigenvalue weighted by atomic mass is 10.0. The van der Waals surface area contributed by atoms with Crippen molar-refractivity contribution in [2.75, 3.05) is 24.5 Å². The summed E-state index contributed by atoms with van der Waals surface area (Å²) in [7, 11) is 0. The smallest absolute Gasteiger partial charge is 0.222 e. The number of rotatable bonds is 2. The Kier molecular flexibility index (Phi) is 3.59. The van der Waals surface area contributed by atoms with Crippen LogP contribution in [0.1, 0.15) is 25.7 Å². The van der Waals surface area contributed by atoms with Crippen LogP contribution in [-0.2, 0) is 4.79 Å². The molecule has 2 aliphatic heterocycles. The average molecular weight is 314 g/mol. The molecule has 0 bridgehead atoms. The van der Waals surface area contributed by atoms with Crippen LogP contribution in [0.15, 0.2) is 24.5 Å². The molecule has 0 N–H and O–H groups in total. The Morgan fingerprint density at radius 1 is 1.13 bits per heavy atom. The minimum absolute atomic E-state index is 0.284. The molecule has 120 valence electrons. The van der Waals surface area contributed by atoms with Crippen molar-refractivity contribution in [3.63, 3.8) is 0 Å². The van der Waals surface area contributed by atoms with Crippen molar-refractivity contribution in [3.8, 4) is 0 Å². The van der Waals surface area contributed by atoms with E-state index in [9.17, 15) is 9.18 Å². The molecule has 2 aromatic rings. The number of piperidine rings is 1. The molecule has 1 amide bonds. The maximum atomic E-state index is 13.4. The fourth-order valence-corrected chi connectivity index (χ4v) is 3.71. The molecular formula is C17H19FN4O. The van der Waals surface area contributed by atoms with E-state index in [0.29, 0.717) is 23.9 Å². The number of carbonyl (C=O) groups excluding carboxylic acids is 1. The zero-order valence-electron chi connectivity index (χ0n) is 12.9. The summed E-state index contributed by atoms with van der Waals surface area (Å²) in [5.41, 5.74) is 0.631. The summed E-state index contributed by atoms with van der Waals surface area (Å²) in [5, 5.41) is 0.879. The highest BCUT2D eigenvalue weighted by Crippen LogP contribution is 2.28. The molecule has 0 radical (unpaired) electrons. The Morgan fingerprint density at radius 3 is 2.70 bits per heavy atom. The van der Waals surface area contributed by atoms with Crippen LogP contribution in [0.4, 0.5) is 10.2 Å². The van der Waals surface area contributed by atoms with E-state index in [4.69, 9.17) is 0 Å². The number of aromatic nitrogens is 2. The highest BCUT2D eigenvalue weighted by atomic mass is 19.1. The van der Waals surface area contributed by atoms with E-state index in [2.05, 4.69) is 14.9 Å². The lowest BCUT2D eigenvalue weighted by Crippen LogP contribution is -2.45. The van der Waals surface area contributed by atoms with Crippen LogP contribution in [0.2, 0.25) is 0 Å². The third-order valence-corrected chi connectivity index (χ3v) is 4.89. The van der Waals surface area contributed by atoms with Gasteiger partial charge in [-0.2, -0.15) is 0 Å². The lowest BCUT2D eigenvalue weighted by molar-refractivity contribution is -0.130. The number of hydrogen-bond acceptors (Lipinski definition) is 4. The maximum absolute atomic E-state index is 13.4. The predicted octanol–water partition coefficient (Wildman–Crippen LogP) is 2.36. The van der Waals surface area contributed by atoms with Gasteiger partial charge in [-0.15, -0.1) is 0 Å². The van der Waals surface area contributed by atoms with E-state index >= 15 is 0 Å². The summed E-state index contributed by atoms with van der Waals surface area (Å²) in [6.45, 7) is 2.62. The van der Waals surface area contributed by atoms with E-state index < -0.39 is 0 Å². The summed E-state index contributed by atoms with van der Waals surface area (Å²) in [5.74, 6) is 0.876. The number of amides is 1. The lowest BCUT2D eigenvalue weighted by Gasteiger charge is -2.37. The monoisotopic (exact) mass is 314 g/mol. The van der Waals surface area contributed by atoms with Crippen LogP contribution in [0, 0.1) is 5.82 Å². The first-order valence-electron chi connectivity index (χ1n) is 8.17. The molecule has 0 spiro atoms. The molecule has 2 aliphatic rings. The minimum atomic E-state index is -0.284. The van der Waals surface area contributed by atoms with Crippen molar-refractivity contribution in [1.82, 2.24) is 14.9 Å². The first kappa shape index (κ1) is 14.4. The molecule has 0 unspecified atom stereocenters. The Bertz CT molecular complexity index is 742. The molecule has 5 nitrogen and oxygen atoms in total. The highest BCUT2D eigenvalue weighted by Gasteiger charge is 2.31. The number of anilines is 1. The van der Waals surface area contributed by atoms with Crippen molar-refractivity contribution in [2.24, 2.45) is 0 Å². The molecule has 2 fully saturated rings. The van der Waals surface area contributed by atoms with Gasteiger partial charge in [0.1, 0.15) is 18.0 Å².